The van der Waals surface area contributed by atoms with Gasteiger partial charge in [-0.3, -0.25) is 4.57 Å². The third kappa shape index (κ3) is 1.68. The largest absolute Gasteiger partial charge is 0.301 e. The lowest BCUT2D eigenvalue weighted by atomic mass is 10.0. The van der Waals surface area contributed by atoms with Crippen LogP contribution in [0.4, 0.5) is 0 Å². The Labute approximate surface area is 122 Å². The number of nitrogens with zero attached hydrogens (tertiary/aromatic N) is 4. The number of fused-ring (bicyclic) bond motifs is 2. The Hall–Kier alpha value is -1.81. The van der Waals surface area contributed by atoms with Crippen molar-refractivity contribution in [3.63, 3.8) is 0 Å². The van der Waals surface area contributed by atoms with E-state index in [-0.39, 0.29) is 0 Å². The fraction of sp³-hybridized carbons (Fsp3) is 0.333. The zero-order valence-electron chi connectivity index (χ0n) is 11.1. The first-order valence-electron chi connectivity index (χ1n) is 6.96. The Morgan fingerprint density at radius 3 is 3.00 bits per heavy atom. The maximum atomic E-state index is 6.16. The predicted molar refractivity (Wildman–Crippen MR) is 78.5 cm³/mol. The lowest BCUT2D eigenvalue weighted by Gasteiger charge is -2.13. The molecule has 0 saturated carbocycles. The molecular formula is C15H15ClN4. The van der Waals surface area contributed by atoms with Crippen molar-refractivity contribution in [3.05, 3.63) is 47.8 Å². The summed E-state index contributed by atoms with van der Waals surface area (Å²) in [7, 11) is 0. The molecule has 20 heavy (non-hydrogen) atoms. The molecule has 0 atom stereocenters. The normalized spacial score (nSPS) is 14.7. The molecule has 4 rings (SSSR count). The number of hydrogen-bond acceptors (Lipinski definition) is 2. The van der Waals surface area contributed by atoms with E-state index in [1.807, 2.05) is 30.7 Å². The molecule has 0 radical (unpaired) electrons. The van der Waals surface area contributed by atoms with Gasteiger partial charge in [-0.25, -0.2) is 9.97 Å². The van der Waals surface area contributed by atoms with Gasteiger partial charge in [0.15, 0.2) is 5.82 Å². The average molecular weight is 287 g/mol. The van der Waals surface area contributed by atoms with Crippen LogP contribution in [0, 0.1) is 0 Å². The Bertz CT molecular complexity index is 771. The van der Waals surface area contributed by atoms with Crippen molar-refractivity contribution >= 4 is 17.2 Å². The van der Waals surface area contributed by atoms with E-state index in [0.29, 0.717) is 5.88 Å². The number of pyridine rings is 1. The van der Waals surface area contributed by atoms with Gasteiger partial charge in [-0.1, -0.05) is 6.07 Å². The van der Waals surface area contributed by atoms with Crippen molar-refractivity contribution in [1.29, 1.82) is 0 Å². The zero-order chi connectivity index (χ0) is 13.5. The van der Waals surface area contributed by atoms with E-state index in [1.54, 1.807) is 0 Å². The summed E-state index contributed by atoms with van der Waals surface area (Å²) >= 11 is 6.16. The van der Waals surface area contributed by atoms with Crippen LogP contribution < -0.4 is 0 Å². The molecule has 0 amide bonds. The van der Waals surface area contributed by atoms with Crippen LogP contribution in [0.25, 0.3) is 11.5 Å². The second-order valence-electron chi connectivity index (χ2n) is 5.16. The van der Waals surface area contributed by atoms with Crippen LogP contribution in [-0.4, -0.2) is 18.9 Å². The highest BCUT2D eigenvalue weighted by Crippen LogP contribution is 2.25. The van der Waals surface area contributed by atoms with Crippen LogP contribution >= 0.6 is 11.6 Å². The van der Waals surface area contributed by atoms with Crippen molar-refractivity contribution in [1.82, 2.24) is 18.9 Å². The standard InChI is InChI=1S/C15H15ClN4/c16-9-13-15(18-14-7-3-4-8-19(13)14)20-10-17-11-5-1-2-6-12(11)20/h3-4,7-8,10H,1-2,5-6,9H2. The minimum atomic E-state index is 0.438. The third-order valence-corrected chi connectivity index (χ3v) is 4.25. The summed E-state index contributed by atoms with van der Waals surface area (Å²) in [6, 6.07) is 5.99. The molecule has 0 unspecified atom stereocenters. The second kappa shape index (κ2) is 4.63. The van der Waals surface area contributed by atoms with Crippen LogP contribution in [0.15, 0.2) is 30.7 Å². The number of halogens is 1. The SMILES string of the molecule is ClCc1c(-n2cnc3c2CCCC3)nc2ccccn12. The van der Waals surface area contributed by atoms with Crippen LogP contribution in [0.5, 0.6) is 0 Å². The Kier molecular flexibility index (Phi) is 2.77. The van der Waals surface area contributed by atoms with Gasteiger partial charge in [-0.15, -0.1) is 11.6 Å². The van der Waals surface area contributed by atoms with E-state index >= 15 is 0 Å². The first kappa shape index (κ1) is 12.0. The highest BCUT2D eigenvalue weighted by molar-refractivity contribution is 6.17. The summed E-state index contributed by atoms with van der Waals surface area (Å²) in [6.45, 7) is 0. The van der Waals surface area contributed by atoms with Gasteiger partial charge in [-0.05, 0) is 37.8 Å². The number of rotatable bonds is 2. The summed E-state index contributed by atoms with van der Waals surface area (Å²) in [4.78, 5) is 9.28. The molecule has 102 valence electrons. The lowest BCUT2D eigenvalue weighted by molar-refractivity contribution is 0.654. The van der Waals surface area contributed by atoms with E-state index < -0.39 is 0 Å². The van der Waals surface area contributed by atoms with Crippen LogP contribution in [0.2, 0.25) is 0 Å². The lowest BCUT2D eigenvalue weighted by Crippen LogP contribution is -2.08. The van der Waals surface area contributed by atoms with Gasteiger partial charge in [0, 0.05) is 11.9 Å². The molecule has 0 saturated heterocycles. The summed E-state index contributed by atoms with van der Waals surface area (Å²) in [6.07, 6.45) is 8.51. The van der Waals surface area contributed by atoms with Crippen molar-refractivity contribution in [2.45, 2.75) is 31.6 Å². The molecule has 0 spiro atoms. The summed E-state index contributed by atoms with van der Waals surface area (Å²) < 4.78 is 4.18. The number of aryl methyl sites for hydroxylation is 1. The highest BCUT2D eigenvalue weighted by atomic mass is 35.5. The van der Waals surface area contributed by atoms with E-state index in [9.17, 15) is 0 Å². The molecule has 3 aromatic rings. The summed E-state index contributed by atoms with van der Waals surface area (Å²) in [5, 5.41) is 0. The molecule has 0 aromatic carbocycles. The van der Waals surface area contributed by atoms with Crippen molar-refractivity contribution in [2.24, 2.45) is 0 Å². The summed E-state index contributed by atoms with van der Waals surface area (Å²) in [5.41, 5.74) is 4.46. The quantitative estimate of drug-likeness (QED) is 0.679. The fourth-order valence-electron chi connectivity index (χ4n) is 3.00. The molecule has 0 fully saturated rings. The van der Waals surface area contributed by atoms with Crippen LogP contribution in [0.1, 0.15) is 29.9 Å². The maximum Gasteiger partial charge on any atom is 0.161 e. The molecule has 0 N–H and O–H groups in total. The summed E-state index contributed by atoms with van der Waals surface area (Å²) in [5.74, 6) is 1.36. The molecular weight excluding hydrogens is 272 g/mol. The fourth-order valence-corrected chi connectivity index (χ4v) is 3.25. The molecule has 1 aliphatic carbocycles. The van der Waals surface area contributed by atoms with Gasteiger partial charge >= 0.3 is 0 Å². The van der Waals surface area contributed by atoms with Gasteiger partial charge in [0.1, 0.15) is 12.0 Å². The van der Waals surface area contributed by atoms with Gasteiger partial charge < -0.3 is 4.40 Å². The molecule has 1 aliphatic rings. The third-order valence-electron chi connectivity index (χ3n) is 3.99. The molecule has 0 bridgehead atoms. The van der Waals surface area contributed by atoms with Gasteiger partial charge in [0.2, 0.25) is 0 Å². The van der Waals surface area contributed by atoms with Crippen molar-refractivity contribution < 1.29 is 0 Å². The smallest absolute Gasteiger partial charge is 0.161 e. The second-order valence-corrected chi connectivity index (χ2v) is 5.43. The number of alkyl halides is 1. The molecule has 3 aromatic heterocycles. The van der Waals surface area contributed by atoms with Crippen molar-refractivity contribution in [2.75, 3.05) is 0 Å². The van der Waals surface area contributed by atoms with Crippen LogP contribution in [-0.2, 0) is 18.7 Å². The van der Waals surface area contributed by atoms with E-state index in [2.05, 4.69) is 14.0 Å². The minimum Gasteiger partial charge on any atom is -0.301 e. The molecule has 5 heteroatoms. The molecule has 4 nitrogen and oxygen atoms in total. The first-order valence-corrected chi connectivity index (χ1v) is 7.49. The topological polar surface area (TPSA) is 35.1 Å². The first-order chi connectivity index (χ1) is 9.88. The van der Waals surface area contributed by atoms with Crippen molar-refractivity contribution in [3.8, 4) is 5.82 Å². The predicted octanol–water partition coefficient (Wildman–Crippen LogP) is 3.14. The minimum absolute atomic E-state index is 0.438. The Balaban J connectivity index is 1.96. The average Bonchev–Trinajstić information content (AvgIpc) is 3.07. The van der Waals surface area contributed by atoms with Gasteiger partial charge in [0.25, 0.3) is 0 Å². The molecule has 3 heterocycles. The zero-order valence-corrected chi connectivity index (χ0v) is 11.8. The van der Waals surface area contributed by atoms with Crippen LogP contribution in [0.3, 0.4) is 0 Å². The van der Waals surface area contributed by atoms with E-state index in [1.165, 1.54) is 24.2 Å². The van der Waals surface area contributed by atoms with Gasteiger partial charge in [0.05, 0.1) is 17.3 Å². The number of hydrogen-bond donors (Lipinski definition) is 0. The highest BCUT2D eigenvalue weighted by Gasteiger charge is 2.20. The maximum absolute atomic E-state index is 6.16. The van der Waals surface area contributed by atoms with Gasteiger partial charge in [-0.2, -0.15) is 0 Å². The van der Waals surface area contributed by atoms with E-state index in [0.717, 1.165) is 30.0 Å². The Morgan fingerprint density at radius 1 is 1.20 bits per heavy atom. The molecule has 0 aliphatic heterocycles. The monoisotopic (exact) mass is 286 g/mol. The number of aromatic nitrogens is 4. The Morgan fingerprint density at radius 2 is 2.10 bits per heavy atom. The van der Waals surface area contributed by atoms with E-state index in [4.69, 9.17) is 16.6 Å². The number of imidazole rings is 2.